The summed E-state index contributed by atoms with van der Waals surface area (Å²) in [5.74, 6) is 0. The van der Waals surface area contributed by atoms with Gasteiger partial charge in [-0.2, -0.15) is 6.07 Å². The first kappa shape index (κ1) is 18.7. The number of hydrogen-bond donors (Lipinski definition) is 0. The molecule has 0 spiro atoms. The Kier molecular flexibility index (Phi) is 8.84. The fourth-order valence-electron chi connectivity index (χ4n) is 2.07. The zero-order valence-corrected chi connectivity index (χ0v) is 13.7. The van der Waals surface area contributed by atoms with E-state index in [4.69, 9.17) is 0 Å². The Morgan fingerprint density at radius 1 is 1.12 bits per heavy atom. The van der Waals surface area contributed by atoms with Crippen LogP contribution < -0.4 is 24.8 Å². The summed E-state index contributed by atoms with van der Waals surface area (Å²) >= 11 is 0. The normalized spacial score (nSPS) is 8.94. The maximum Gasteiger partial charge on any atom is 3.00 e. The maximum absolute atomic E-state index is 2.29. The molecule has 3 heteroatoms. The predicted octanol–water partition coefficient (Wildman–Crippen LogP) is -2.26. The molecule has 2 rings (SSSR count). The van der Waals surface area contributed by atoms with E-state index in [-0.39, 0.29) is 51.0 Å². The van der Waals surface area contributed by atoms with Crippen LogP contribution in [0.15, 0.2) is 24.3 Å². The van der Waals surface area contributed by atoms with Crippen molar-refractivity contribution in [2.45, 2.75) is 27.2 Å². The summed E-state index contributed by atoms with van der Waals surface area (Å²) < 4.78 is 0. The van der Waals surface area contributed by atoms with Crippen molar-refractivity contribution in [1.82, 2.24) is 0 Å². The van der Waals surface area contributed by atoms with E-state index >= 15 is 0 Å². The Hall–Kier alpha value is 0.293. The van der Waals surface area contributed by atoms with E-state index in [9.17, 15) is 0 Å². The molecule has 0 bridgehead atoms. The smallest absolute Gasteiger partial charge is 1.00 e. The third-order valence-electron chi connectivity index (χ3n) is 2.73. The van der Waals surface area contributed by atoms with Crippen molar-refractivity contribution in [3.8, 4) is 0 Å². The first-order chi connectivity index (χ1) is 6.22. The van der Waals surface area contributed by atoms with Crippen LogP contribution >= 0.6 is 0 Å². The topological polar surface area (TPSA) is 0 Å². The average Bonchev–Trinajstić information content (AvgIpc) is 2.45. The monoisotopic (exact) mass is 331 g/mol. The van der Waals surface area contributed by atoms with E-state index in [1.54, 1.807) is 0 Å². The van der Waals surface area contributed by atoms with E-state index in [0.717, 1.165) is 6.42 Å². The molecule has 0 aliphatic rings. The summed E-state index contributed by atoms with van der Waals surface area (Å²) in [4.78, 5) is 0. The van der Waals surface area contributed by atoms with Crippen LogP contribution in [-0.2, 0) is 32.6 Å². The molecule has 2 aromatic rings. The predicted molar refractivity (Wildman–Crippen MR) is 58.4 cm³/mol. The Morgan fingerprint density at radius 3 is 2.31 bits per heavy atom. The molecular formula is C13H15Cl2Zr. The molecule has 0 aliphatic heterocycles. The van der Waals surface area contributed by atoms with Crippen LogP contribution in [0.3, 0.4) is 0 Å². The summed E-state index contributed by atoms with van der Waals surface area (Å²) in [6, 6.07) is 8.99. The minimum Gasteiger partial charge on any atom is -1.00 e. The second-order valence-electron chi connectivity index (χ2n) is 3.75. The third-order valence-corrected chi connectivity index (χ3v) is 2.73. The Bertz CT molecular complexity index is 446. The van der Waals surface area contributed by atoms with Crippen molar-refractivity contribution < 1.29 is 51.0 Å². The van der Waals surface area contributed by atoms with Gasteiger partial charge in [0, 0.05) is 0 Å². The zero-order valence-electron chi connectivity index (χ0n) is 9.77. The number of halogens is 2. The van der Waals surface area contributed by atoms with Gasteiger partial charge in [0.15, 0.2) is 0 Å². The average molecular weight is 333 g/mol. The molecule has 0 N–H and O–H groups in total. The molecule has 0 atom stereocenters. The van der Waals surface area contributed by atoms with Crippen LogP contribution in [0.5, 0.6) is 0 Å². The minimum atomic E-state index is 0. The Morgan fingerprint density at radius 2 is 1.75 bits per heavy atom. The van der Waals surface area contributed by atoms with Crippen LogP contribution in [0.1, 0.15) is 23.6 Å². The molecule has 0 heterocycles. The number of fused-ring (bicyclic) bond motifs is 1. The van der Waals surface area contributed by atoms with E-state index in [1.165, 1.54) is 27.5 Å². The van der Waals surface area contributed by atoms with Gasteiger partial charge in [0.05, 0.1) is 0 Å². The standard InChI is InChI=1S/C13H15.2ClH.Zr/c1-4-12-10(3)5-6-11-7-9(2)8-13(11)12;;;/h5-8H,4H2,1-3H3;2*1H;/q-1;;;+3/p-2. The molecular weight excluding hydrogens is 318 g/mol. The zero-order chi connectivity index (χ0) is 9.42. The fraction of sp³-hybridized carbons (Fsp3) is 0.308. The molecule has 85 valence electrons. The first-order valence-electron chi connectivity index (χ1n) is 4.88. The minimum absolute atomic E-state index is 0. The van der Waals surface area contributed by atoms with Gasteiger partial charge in [0.25, 0.3) is 0 Å². The fourth-order valence-corrected chi connectivity index (χ4v) is 2.07. The second-order valence-corrected chi connectivity index (χ2v) is 3.75. The van der Waals surface area contributed by atoms with Crippen LogP contribution in [0.4, 0.5) is 0 Å². The summed E-state index contributed by atoms with van der Waals surface area (Å²) in [6.45, 7) is 6.58. The van der Waals surface area contributed by atoms with E-state index in [0.29, 0.717) is 0 Å². The number of aryl methyl sites for hydroxylation is 3. The van der Waals surface area contributed by atoms with Crippen LogP contribution in [0.25, 0.3) is 10.8 Å². The molecule has 16 heavy (non-hydrogen) atoms. The Labute approximate surface area is 129 Å². The van der Waals surface area contributed by atoms with Gasteiger partial charge in [-0.3, -0.25) is 0 Å². The largest absolute Gasteiger partial charge is 3.00 e. The Balaban J connectivity index is 0. The molecule has 2 aromatic carbocycles. The molecule has 0 nitrogen and oxygen atoms in total. The van der Waals surface area contributed by atoms with Crippen molar-refractivity contribution >= 4 is 10.8 Å². The molecule has 0 unspecified atom stereocenters. The van der Waals surface area contributed by atoms with Crippen molar-refractivity contribution in [3.05, 3.63) is 41.0 Å². The molecule has 0 amide bonds. The summed E-state index contributed by atoms with van der Waals surface area (Å²) in [6.07, 6.45) is 1.13. The number of rotatable bonds is 1. The van der Waals surface area contributed by atoms with Crippen LogP contribution in [-0.4, -0.2) is 0 Å². The molecule has 0 saturated carbocycles. The SMILES string of the molecule is CCc1c(C)ccc2[cH-]c(C)cc12.[Cl-].[Cl-].[Zr+3]. The van der Waals surface area contributed by atoms with Crippen molar-refractivity contribution in [2.24, 2.45) is 0 Å². The molecule has 0 aliphatic carbocycles. The second kappa shape index (κ2) is 7.59. The van der Waals surface area contributed by atoms with E-state index in [1.807, 2.05) is 0 Å². The number of benzene rings is 1. The van der Waals surface area contributed by atoms with Gasteiger partial charge in [0.1, 0.15) is 0 Å². The maximum atomic E-state index is 2.29. The quantitative estimate of drug-likeness (QED) is 0.517. The number of hydrogen-bond acceptors (Lipinski definition) is 0. The molecule has 0 fully saturated rings. The van der Waals surface area contributed by atoms with Gasteiger partial charge in [-0.05, 0) is 13.3 Å². The molecule has 1 radical (unpaired) electrons. The van der Waals surface area contributed by atoms with Gasteiger partial charge in [-0.25, -0.2) is 0 Å². The summed E-state index contributed by atoms with van der Waals surface area (Å²) in [5.41, 5.74) is 4.29. The van der Waals surface area contributed by atoms with Gasteiger partial charge < -0.3 is 24.8 Å². The van der Waals surface area contributed by atoms with Crippen LogP contribution in [0, 0.1) is 13.8 Å². The molecule has 0 aromatic heterocycles. The molecule has 0 saturated heterocycles. The van der Waals surface area contributed by atoms with Crippen molar-refractivity contribution in [1.29, 1.82) is 0 Å². The van der Waals surface area contributed by atoms with Crippen LogP contribution in [0.2, 0.25) is 0 Å². The van der Waals surface area contributed by atoms with Gasteiger partial charge >= 0.3 is 26.2 Å². The van der Waals surface area contributed by atoms with Gasteiger partial charge in [-0.1, -0.05) is 25.0 Å². The van der Waals surface area contributed by atoms with Crippen molar-refractivity contribution in [2.75, 3.05) is 0 Å². The van der Waals surface area contributed by atoms with Gasteiger partial charge in [-0.15, -0.1) is 34.5 Å². The third kappa shape index (κ3) is 3.39. The van der Waals surface area contributed by atoms with E-state index in [2.05, 4.69) is 45.0 Å². The van der Waals surface area contributed by atoms with E-state index < -0.39 is 0 Å². The summed E-state index contributed by atoms with van der Waals surface area (Å²) in [7, 11) is 0. The van der Waals surface area contributed by atoms with Gasteiger partial charge in [0.2, 0.25) is 0 Å². The first-order valence-corrected chi connectivity index (χ1v) is 4.88. The summed E-state index contributed by atoms with van der Waals surface area (Å²) in [5, 5.41) is 2.83. The van der Waals surface area contributed by atoms with Crippen molar-refractivity contribution in [3.63, 3.8) is 0 Å².